The van der Waals surface area contributed by atoms with E-state index in [2.05, 4.69) is 0 Å². The first kappa shape index (κ1) is 12.8. The van der Waals surface area contributed by atoms with E-state index in [1.807, 2.05) is 30.3 Å². The number of benzene rings is 2. The predicted octanol–water partition coefficient (Wildman–Crippen LogP) is 4.32. The van der Waals surface area contributed by atoms with Crippen molar-refractivity contribution in [3.63, 3.8) is 0 Å². The van der Waals surface area contributed by atoms with Crippen LogP contribution in [0.4, 0.5) is 4.39 Å². The zero-order valence-corrected chi connectivity index (χ0v) is 10.8. The Morgan fingerprint density at radius 1 is 1.17 bits per heavy atom. The molecule has 0 aliphatic heterocycles. The van der Waals surface area contributed by atoms with Crippen LogP contribution in [0, 0.1) is 5.82 Å². The van der Waals surface area contributed by atoms with Gasteiger partial charge < -0.3 is 0 Å². The SMILES string of the molecule is CC(=O)c1ccc(F)cc1SCc1ccccc1. The van der Waals surface area contributed by atoms with Crippen molar-refractivity contribution in [2.45, 2.75) is 17.6 Å². The van der Waals surface area contributed by atoms with Gasteiger partial charge in [0.1, 0.15) is 5.82 Å². The van der Waals surface area contributed by atoms with Crippen LogP contribution in [0.25, 0.3) is 0 Å². The lowest BCUT2D eigenvalue weighted by molar-refractivity contribution is 0.101. The molecule has 2 aromatic rings. The molecule has 0 aliphatic carbocycles. The van der Waals surface area contributed by atoms with Crippen LogP contribution >= 0.6 is 11.8 Å². The van der Waals surface area contributed by atoms with Gasteiger partial charge in [0.25, 0.3) is 0 Å². The Balaban J connectivity index is 2.18. The molecular weight excluding hydrogens is 247 g/mol. The minimum atomic E-state index is -0.310. The maximum Gasteiger partial charge on any atom is 0.160 e. The van der Waals surface area contributed by atoms with E-state index in [-0.39, 0.29) is 11.6 Å². The molecule has 0 aliphatic rings. The van der Waals surface area contributed by atoms with Gasteiger partial charge in [0.15, 0.2) is 5.78 Å². The van der Waals surface area contributed by atoms with E-state index >= 15 is 0 Å². The second kappa shape index (κ2) is 5.83. The molecule has 2 aromatic carbocycles. The Labute approximate surface area is 110 Å². The molecule has 18 heavy (non-hydrogen) atoms. The Morgan fingerprint density at radius 2 is 1.89 bits per heavy atom. The summed E-state index contributed by atoms with van der Waals surface area (Å²) in [4.78, 5) is 12.2. The fourth-order valence-electron chi connectivity index (χ4n) is 1.64. The first-order valence-corrected chi connectivity index (χ1v) is 6.62. The predicted molar refractivity (Wildman–Crippen MR) is 72.4 cm³/mol. The van der Waals surface area contributed by atoms with Crippen LogP contribution in [-0.4, -0.2) is 5.78 Å². The van der Waals surface area contributed by atoms with E-state index < -0.39 is 0 Å². The largest absolute Gasteiger partial charge is 0.294 e. The van der Waals surface area contributed by atoms with E-state index in [1.54, 1.807) is 6.07 Å². The van der Waals surface area contributed by atoms with Crippen LogP contribution in [0.2, 0.25) is 0 Å². The van der Waals surface area contributed by atoms with Gasteiger partial charge in [-0.25, -0.2) is 4.39 Å². The highest BCUT2D eigenvalue weighted by atomic mass is 32.2. The van der Waals surface area contributed by atoms with Crippen molar-refractivity contribution < 1.29 is 9.18 Å². The second-order valence-electron chi connectivity index (χ2n) is 3.97. The minimum Gasteiger partial charge on any atom is -0.294 e. The minimum absolute atomic E-state index is 0.0365. The van der Waals surface area contributed by atoms with Crippen molar-refractivity contribution >= 4 is 17.5 Å². The van der Waals surface area contributed by atoms with Crippen molar-refractivity contribution in [2.24, 2.45) is 0 Å². The van der Waals surface area contributed by atoms with Crippen LogP contribution in [-0.2, 0) is 5.75 Å². The molecule has 0 heterocycles. The van der Waals surface area contributed by atoms with Gasteiger partial charge in [-0.15, -0.1) is 11.8 Å². The fraction of sp³-hybridized carbons (Fsp3) is 0.133. The number of carbonyl (C=O) groups excluding carboxylic acids is 1. The Morgan fingerprint density at radius 3 is 2.56 bits per heavy atom. The number of rotatable bonds is 4. The monoisotopic (exact) mass is 260 g/mol. The number of Topliss-reactive ketones (excluding diaryl/α,β-unsaturated/α-hetero) is 1. The van der Waals surface area contributed by atoms with Gasteiger partial charge in [-0.2, -0.15) is 0 Å². The average molecular weight is 260 g/mol. The number of carbonyl (C=O) groups is 1. The van der Waals surface area contributed by atoms with E-state index in [0.717, 1.165) is 11.3 Å². The van der Waals surface area contributed by atoms with Gasteiger partial charge in [-0.05, 0) is 30.7 Å². The summed E-state index contributed by atoms with van der Waals surface area (Å²) in [5.74, 6) is 0.381. The summed E-state index contributed by atoms with van der Waals surface area (Å²) in [6.45, 7) is 1.50. The molecule has 0 amide bonds. The molecule has 1 nitrogen and oxygen atoms in total. The third-order valence-corrected chi connectivity index (χ3v) is 3.69. The van der Waals surface area contributed by atoms with Gasteiger partial charge in [-0.3, -0.25) is 4.79 Å². The summed E-state index contributed by atoms with van der Waals surface area (Å²) >= 11 is 1.48. The van der Waals surface area contributed by atoms with Crippen LogP contribution in [0.3, 0.4) is 0 Å². The summed E-state index contributed by atoms with van der Waals surface area (Å²) in [5.41, 5.74) is 1.73. The van der Waals surface area contributed by atoms with Crippen molar-refractivity contribution in [1.29, 1.82) is 0 Å². The van der Waals surface area contributed by atoms with Crippen LogP contribution in [0.1, 0.15) is 22.8 Å². The lowest BCUT2D eigenvalue weighted by Crippen LogP contribution is -1.96. The molecule has 0 saturated heterocycles. The number of ketones is 1. The molecule has 0 aromatic heterocycles. The lowest BCUT2D eigenvalue weighted by atomic mass is 10.1. The Kier molecular flexibility index (Phi) is 4.15. The van der Waals surface area contributed by atoms with Gasteiger partial charge in [0.05, 0.1) is 0 Å². The quantitative estimate of drug-likeness (QED) is 0.601. The second-order valence-corrected chi connectivity index (χ2v) is 4.99. The summed E-state index contributed by atoms with van der Waals surface area (Å²) in [6.07, 6.45) is 0. The van der Waals surface area contributed by atoms with Gasteiger partial charge in [-0.1, -0.05) is 30.3 Å². The van der Waals surface area contributed by atoms with Crippen molar-refractivity contribution in [2.75, 3.05) is 0 Å². The number of hydrogen-bond acceptors (Lipinski definition) is 2. The number of halogens is 1. The van der Waals surface area contributed by atoms with E-state index in [9.17, 15) is 9.18 Å². The lowest BCUT2D eigenvalue weighted by Gasteiger charge is -2.07. The molecule has 0 bridgehead atoms. The molecule has 0 radical (unpaired) electrons. The summed E-state index contributed by atoms with van der Waals surface area (Å²) < 4.78 is 13.2. The maximum atomic E-state index is 13.2. The summed E-state index contributed by atoms with van der Waals surface area (Å²) in [6, 6.07) is 14.2. The highest BCUT2D eigenvalue weighted by molar-refractivity contribution is 7.98. The molecule has 92 valence electrons. The van der Waals surface area contributed by atoms with Crippen molar-refractivity contribution in [3.8, 4) is 0 Å². The van der Waals surface area contributed by atoms with Crippen molar-refractivity contribution in [1.82, 2.24) is 0 Å². The number of hydrogen-bond donors (Lipinski definition) is 0. The van der Waals surface area contributed by atoms with Crippen molar-refractivity contribution in [3.05, 3.63) is 65.5 Å². The van der Waals surface area contributed by atoms with Gasteiger partial charge in [0, 0.05) is 16.2 Å². The van der Waals surface area contributed by atoms with Gasteiger partial charge in [0.2, 0.25) is 0 Å². The summed E-state index contributed by atoms with van der Waals surface area (Å²) in [7, 11) is 0. The van der Waals surface area contributed by atoms with E-state index in [4.69, 9.17) is 0 Å². The molecule has 0 atom stereocenters. The van der Waals surface area contributed by atoms with E-state index in [1.165, 1.54) is 30.8 Å². The smallest absolute Gasteiger partial charge is 0.160 e. The highest BCUT2D eigenvalue weighted by Gasteiger charge is 2.09. The van der Waals surface area contributed by atoms with Gasteiger partial charge >= 0.3 is 0 Å². The molecule has 0 unspecified atom stereocenters. The highest BCUT2D eigenvalue weighted by Crippen LogP contribution is 2.27. The average Bonchev–Trinajstić information content (AvgIpc) is 2.37. The van der Waals surface area contributed by atoms with Crippen LogP contribution in [0.15, 0.2) is 53.4 Å². The molecular formula is C15H13FOS. The third-order valence-electron chi connectivity index (χ3n) is 2.56. The van der Waals surface area contributed by atoms with Crippen LogP contribution < -0.4 is 0 Å². The first-order chi connectivity index (χ1) is 8.66. The zero-order valence-electron chi connectivity index (χ0n) is 10.0. The molecule has 0 fully saturated rings. The topological polar surface area (TPSA) is 17.1 Å². The normalized spacial score (nSPS) is 10.3. The Hall–Kier alpha value is -1.61. The molecule has 3 heteroatoms. The molecule has 0 N–H and O–H groups in total. The molecule has 0 saturated carbocycles. The fourth-order valence-corrected chi connectivity index (χ4v) is 2.72. The molecule has 2 rings (SSSR count). The standard InChI is InChI=1S/C15H13FOS/c1-11(17)14-8-7-13(16)9-15(14)18-10-12-5-3-2-4-6-12/h2-9H,10H2,1H3. The van der Waals surface area contributed by atoms with E-state index in [0.29, 0.717) is 10.5 Å². The third kappa shape index (κ3) is 3.20. The first-order valence-electron chi connectivity index (χ1n) is 5.64. The molecule has 0 spiro atoms. The number of thioether (sulfide) groups is 1. The summed E-state index contributed by atoms with van der Waals surface area (Å²) in [5, 5.41) is 0. The maximum absolute atomic E-state index is 13.2. The zero-order chi connectivity index (χ0) is 13.0. The Bertz CT molecular complexity index is 552. The van der Waals surface area contributed by atoms with Crippen LogP contribution in [0.5, 0.6) is 0 Å².